The van der Waals surface area contributed by atoms with E-state index >= 15 is 0 Å². The zero-order valence-electron chi connectivity index (χ0n) is 18.7. The molecule has 174 valence electrons. The van der Waals surface area contributed by atoms with E-state index < -0.39 is 18.9 Å². The third kappa shape index (κ3) is 6.58. The van der Waals surface area contributed by atoms with Crippen LogP contribution in [0.4, 0.5) is 30.6 Å². The molecule has 1 aromatic carbocycles. The fourth-order valence-electron chi connectivity index (χ4n) is 4.15. The number of rotatable bonds is 7. The summed E-state index contributed by atoms with van der Waals surface area (Å²) in [6.45, 7) is 10.0. The van der Waals surface area contributed by atoms with Crippen molar-refractivity contribution in [2.45, 2.75) is 38.8 Å². The first-order valence-electron chi connectivity index (χ1n) is 10.7. The molecule has 1 aliphatic rings. The molecular formula is C23H30F3N4OP. The largest absolute Gasteiger partial charge is 0.421 e. The van der Waals surface area contributed by atoms with Crippen LogP contribution in [0.1, 0.15) is 38.2 Å². The summed E-state index contributed by atoms with van der Waals surface area (Å²) in [6, 6.07) is 6.87. The summed E-state index contributed by atoms with van der Waals surface area (Å²) in [5.74, 6) is 0.798. The van der Waals surface area contributed by atoms with Gasteiger partial charge in [-0.1, -0.05) is 19.1 Å². The number of hydrogen-bond acceptors (Lipinski definition) is 5. The Balaban J connectivity index is 1.72. The average molecular weight is 466 g/mol. The van der Waals surface area contributed by atoms with Crippen LogP contribution in [0.5, 0.6) is 0 Å². The lowest BCUT2D eigenvalue weighted by molar-refractivity contribution is -0.137. The van der Waals surface area contributed by atoms with Gasteiger partial charge in [0, 0.05) is 23.7 Å². The Kier molecular flexibility index (Phi) is 7.33. The third-order valence-corrected chi connectivity index (χ3v) is 7.18. The summed E-state index contributed by atoms with van der Waals surface area (Å²) >= 11 is 0. The second kappa shape index (κ2) is 9.65. The maximum Gasteiger partial charge on any atom is 0.421 e. The Morgan fingerprint density at radius 1 is 1.19 bits per heavy atom. The van der Waals surface area contributed by atoms with Crippen molar-refractivity contribution in [3.05, 3.63) is 48.2 Å². The minimum absolute atomic E-state index is 0.0593. The summed E-state index contributed by atoms with van der Waals surface area (Å²) in [4.78, 5) is 7.93. The highest BCUT2D eigenvalue weighted by atomic mass is 31.2. The second-order valence-electron chi connectivity index (χ2n) is 9.06. The zero-order chi connectivity index (χ0) is 23.5. The molecule has 1 heterocycles. The molecule has 2 atom stereocenters. The Hall–Kier alpha value is -2.34. The van der Waals surface area contributed by atoms with E-state index in [2.05, 4.69) is 34.1 Å². The smallest absolute Gasteiger partial charge is 0.369 e. The highest BCUT2D eigenvalue weighted by Gasteiger charge is 2.35. The topological polar surface area (TPSA) is 66.9 Å². The minimum Gasteiger partial charge on any atom is -0.369 e. The maximum absolute atomic E-state index is 13.5. The number of halogens is 3. The van der Waals surface area contributed by atoms with Crippen LogP contribution in [0.3, 0.4) is 0 Å². The molecule has 9 heteroatoms. The van der Waals surface area contributed by atoms with Crippen LogP contribution in [-0.2, 0) is 10.7 Å². The third-order valence-electron chi connectivity index (χ3n) is 5.63. The van der Waals surface area contributed by atoms with Gasteiger partial charge in [0.05, 0.1) is 0 Å². The number of nitrogens with zero attached hydrogens (tertiary/aromatic N) is 2. The van der Waals surface area contributed by atoms with Gasteiger partial charge in [0.25, 0.3) is 0 Å². The number of aromatic nitrogens is 2. The van der Waals surface area contributed by atoms with Gasteiger partial charge in [0.2, 0.25) is 5.95 Å². The number of benzene rings is 1. The molecule has 1 saturated carbocycles. The van der Waals surface area contributed by atoms with Crippen molar-refractivity contribution < 1.29 is 17.7 Å². The van der Waals surface area contributed by atoms with Crippen LogP contribution < -0.4 is 15.9 Å². The summed E-state index contributed by atoms with van der Waals surface area (Å²) in [5, 5.41) is 6.52. The predicted octanol–water partition coefficient (Wildman–Crippen LogP) is 6.28. The molecule has 1 aliphatic carbocycles. The Morgan fingerprint density at radius 2 is 1.88 bits per heavy atom. The molecular weight excluding hydrogens is 436 g/mol. The quantitative estimate of drug-likeness (QED) is 0.371. The maximum atomic E-state index is 13.5. The number of anilines is 3. The lowest BCUT2D eigenvalue weighted by Gasteiger charge is -2.28. The first kappa shape index (κ1) is 24.3. The minimum atomic E-state index is -4.56. The summed E-state index contributed by atoms with van der Waals surface area (Å²) < 4.78 is 52.6. The van der Waals surface area contributed by atoms with Crippen LogP contribution in [0.25, 0.3) is 0 Å². The van der Waals surface area contributed by atoms with E-state index in [1.165, 1.54) is 5.57 Å². The molecule has 0 spiro atoms. The van der Waals surface area contributed by atoms with Gasteiger partial charge in [0.15, 0.2) is 0 Å². The van der Waals surface area contributed by atoms with E-state index in [0.29, 0.717) is 24.1 Å². The highest BCUT2D eigenvalue weighted by molar-refractivity contribution is 7.70. The Bertz CT molecular complexity index is 1000. The fourth-order valence-corrected chi connectivity index (χ4v) is 5.02. The van der Waals surface area contributed by atoms with Gasteiger partial charge >= 0.3 is 6.18 Å². The monoisotopic (exact) mass is 466 g/mol. The average Bonchev–Trinajstić information content (AvgIpc) is 2.66. The van der Waals surface area contributed by atoms with Gasteiger partial charge in [-0.2, -0.15) is 18.2 Å². The van der Waals surface area contributed by atoms with E-state index in [9.17, 15) is 17.7 Å². The van der Waals surface area contributed by atoms with E-state index in [1.54, 1.807) is 37.6 Å². The zero-order valence-corrected chi connectivity index (χ0v) is 19.6. The summed E-state index contributed by atoms with van der Waals surface area (Å²) in [7, 11) is -2.39. The fraction of sp³-hybridized carbons (Fsp3) is 0.478. The molecule has 2 unspecified atom stereocenters. The number of nitrogens with one attached hydrogen (secondary N) is 2. The SMILES string of the molecule is C=C1CC(C)CC(CCNc2nc(Nc3ccc(P(C)(C)=O)cc3)ncc2C(F)(F)F)C1. The molecule has 0 saturated heterocycles. The number of hydrogen-bond donors (Lipinski definition) is 2. The lowest BCUT2D eigenvalue weighted by Crippen LogP contribution is -2.20. The van der Waals surface area contributed by atoms with Crippen molar-refractivity contribution in [3.8, 4) is 0 Å². The molecule has 32 heavy (non-hydrogen) atoms. The predicted molar refractivity (Wildman–Crippen MR) is 125 cm³/mol. The van der Waals surface area contributed by atoms with Crippen LogP contribution in [-0.4, -0.2) is 29.8 Å². The molecule has 3 rings (SSSR count). The molecule has 5 nitrogen and oxygen atoms in total. The van der Waals surface area contributed by atoms with E-state index in [0.717, 1.165) is 37.2 Å². The Labute approximate surface area is 187 Å². The van der Waals surface area contributed by atoms with Crippen LogP contribution in [0, 0.1) is 11.8 Å². The van der Waals surface area contributed by atoms with Gasteiger partial charge < -0.3 is 15.2 Å². The van der Waals surface area contributed by atoms with Gasteiger partial charge in [-0.15, -0.1) is 0 Å². The Morgan fingerprint density at radius 3 is 2.47 bits per heavy atom. The van der Waals surface area contributed by atoms with E-state index in [1.807, 2.05) is 0 Å². The molecule has 2 N–H and O–H groups in total. The van der Waals surface area contributed by atoms with Crippen LogP contribution >= 0.6 is 7.14 Å². The van der Waals surface area contributed by atoms with Crippen molar-refractivity contribution in [1.82, 2.24) is 9.97 Å². The normalized spacial score (nSPS) is 19.6. The van der Waals surface area contributed by atoms with Crippen molar-refractivity contribution in [2.24, 2.45) is 11.8 Å². The molecule has 2 aromatic rings. The van der Waals surface area contributed by atoms with Crippen molar-refractivity contribution in [2.75, 3.05) is 30.5 Å². The first-order chi connectivity index (χ1) is 14.9. The van der Waals surface area contributed by atoms with Gasteiger partial charge in [-0.25, -0.2) is 4.98 Å². The molecule has 1 aromatic heterocycles. The standard InChI is InChI=1S/C23H30F3N4OP/c1-15-11-16(2)13-17(12-15)9-10-27-21-20(23(24,25)26)14-28-22(30-21)29-18-5-7-19(8-6-18)32(3,4)31/h5-8,14,16-17H,1,9-13H2,2-4H3,(H2,27,28,29,30). The van der Waals surface area contributed by atoms with Gasteiger partial charge in [-0.3, -0.25) is 0 Å². The second-order valence-corrected chi connectivity index (χ2v) is 12.3. The highest BCUT2D eigenvalue weighted by Crippen LogP contribution is 2.37. The molecule has 1 fully saturated rings. The van der Waals surface area contributed by atoms with Crippen molar-refractivity contribution in [3.63, 3.8) is 0 Å². The van der Waals surface area contributed by atoms with Crippen LogP contribution in [0.15, 0.2) is 42.6 Å². The van der Waals surface area contributed by atoms with Gasteiger partial charge in [0.1, 0.15) is 18.5 Å². The summed E-state index contributed by atoms with van der Waals surface area (Å²) in [5.41, 5.74) is 0.923. The van der Waals surface area contributed by atoms with Crippen molar-refractivity contribution >= 4 is 29.9 Å². The van der Waals surface area contributed by atoms with E-state index in [4.69, 9.17) is 0 Å². The molecule has 0 radical (unpaired) electrons. The van der Waals surface area contributed by atoms with Crippen molar-refractivity contribution in [1.29, 1.82) is 0 Å². The summed E-state index contributed by atoms with van der Waals surface area (Å²) in [6.07, 6.45) is -0.00144. The molecule has 0 aliphatic heterocycles. The number of allylic oxidation sites excluding steroid dienone is 1. The first-order valence-corrected chi connectivity index (χ1v) is 13.3. The molecule has 0 bridgehead atoms. The lowest BCUT2D eigenvalue weighted by atomic mass is 9.78. The molecule has 0 amide bonds. The van der Waals surface area contributed by atoms with Crippen LogP contribution in [0.2, 0.25) is 0 Å². The van der Waals surface area contributed by atoms with E-state index in [-0.39, 0.29) is 11.8 Å². The number of alkyl halides is 3. The van der Waals surface area contributed by atoms with Gasteiger partial charge in [-0.05, 0) is 75.1 Å².